The van der Waals surface area contributed by atoms with E-state index < -0.39 is 0 Å². The van der Waals surface area contributed by atoms with Crippen LogP contribution in [0.25, 0.3) is 22.0 Å². The smallest absolute Gasteiger partial charge is 0.272 e. The summed E-state index contributed by atoms with van der Waals surface area (Å²) >= 11 is 0. The fourth-order valence-electron chi connectivity index (χ4n) is 2.93. The number of fused-ring (bicyclic) bond motifs is 1. The van der Waals surface area contributed by atoms with Crippen LogP contribution in [-0.2, 0) is 4.79 Å². The maximum atomic E-state index is 12.3. The van der Waals surface area contributed by atoms with Crippen LogP contribution in [0.1, 0.15) is 19.3 Å². The Morgan fingerprint density at radius 2 is 1.88 bits per heavy atom. The zero-order chi connectivity index (χ0) is 18.5. The van der Waals surface area contributed by atoms with Crippen molar-refractivity contribution in [3.8, 4) is 11.3 Å². The van der Waals surface area contributed by atoms with Crippen LogP contribution in [0.5, 0.6) is 0 Å². The lowest BCUT2D eigenvalue weighted by molar-refractivity contribution is -0.118. The second-order valence-electron chi connectivity index (χ2n) is 6.20. The van der Waals surface area contributed by atoms with Gasteiger partial charge in [0.25, 0.3) is 5.56 Å². The molecule has 0 radical (unpaired) electrons. The molecule has 1 heterocycles. The summed E-state index contributed by atoms with van der Waals surface area (Å²) in [6, 6.07) is 15.0. The van der Waals surface area contributed by atoms with E-state index in [1.807, 2.05) is 42.5 Å². The molecule has 0 aliphatic carbocycles. The Labute approximate surface area is 151 Å². The average Bonchev–Trinajstić information content (AvgIpc) is 2.68. The topological polar surface area (TPSA) is 92.1 Å². The molecule has 6 nitrogen and oxygen atoms in total. The number of anilines is 1. The Balaban J connectivity index is 1.94. The maximum absolute atomic E-state index is 12.3. The lowest BCUT2D eigenvalue weighted by atomic mass is 10.0. The first-order valence-electron chi connectivity index (χ1n) is 8.66. The van der Waals surface area contributed by atoms with Gasteiger partial charge in [-0.15, -0.1) is 0 Å². The largest absolute Gasteiger partial charge is 0.330 e. The zero-order valence-electron chi connectivity index (χ0n) is 14.7. The average molecular weight is 350 g/mol. The monoisotopic (exact) mass is 350 g/mol. The molecule has 0 fully saturated rings. The van der Waals surface area contributed by atoms with E-state index in [2.05, 4.69) is 10.2 Å². The van der Waals surface area contributed by atoms with E-state index in [-0.39, 0.29) is 11.5 Å². The van der Waals surface area contributed by atoms with Crippen molar-refractivity contribution in [2.24, 2.45) is 5.73 Å². The van der Waals surface area contributed by atoms with Gasteiger partial charge in [0.15, 0.2) is 0 Å². The van der Waals surface area contributed by atoms with Gasteiger partial charge in [-0.3, -0.25) is 9.59 Å². The van der Waals surface area contributed by atoms with Crippen LogP contribution in [0.3, 0.4) is 0 Å². The number of nitrogens with two attached hydrogens (primary N) is 1. The third-order valence-electron chi connectivity index (χ3n) is 4.42. The lowest BCUT2D eigenvalue weighted by Gasteiger charge is -2.18. The number of hydrogen-bond acceptors (Lipinski definition) is 4. The Hall–Kier alpha value is -2.99. The molecule has 1 amide bonds. The lowest BCUT2D eigenvalue weighted by Crippen LogP contribution is -2.26. The summed E-state index contributed by atoms with van der Waals surface area (Å²) in [5, 5.41) is 8.15. The number of H-pyrrole nitrogens is 1. The number of carbonyl (C=O) groups excluding carboxylic acids is 1. The van der Waals surface area contributed by atoms with E-state index in [0.717, 1.165) is 29.5 Å². The first-order valence-corrected chi connectivity index (χ1v) is 8.66. The number of hydrogen-bond donors (Lipinski definition) is 2. The minimum absolute atomic E-state index is 0.0508. The standard InChI is InChI=1S/C20H22N4O2/c1-24(18(25)11-4-5-12-21)15-8-6-7-14(13-15)19-16-9-2-3-10-17(16)20(26)23-22-19/h2-3,6-10,13H,4-5,11-12,21H2,1H3,(H,23,26). The van der Waals surface area contributed by atoms with Gasteiger partial charge in [0.05, 0.1) is 11.1 Å². The van der Waals surface area contributed by atoms with Crippen molar-refractivity contribution in [3.63, 3.8) is 0 Å². The van der Waals surface area contributed by atoms with E-state index in [0.29, 0.717) is 24.0 Å². The maximum Gasteiger partial charge on any atom is 0.272 e. The second kappa shape index (κ2) is 7.93. The number of unbranched alkanes of at least 4 members (excludes halogenated alkanes) is 1. The molecule has 0 bridgehead atoms. The van der Waals surface area contributed by atoms with Crippen molar-refractivity contribution in [1.29, 1.82) is 0 Å². The van der Waals surface area contributed by atoms with E-state index >= 15 is 0 Å². The molecule has 0 atom stereocenters. The molecule has 2 aromatic carbocycles. The van der Waals surface area contributed by atoms with E-state index in [9.17, 15) is 9.59 Å². The SMILES string of the molecule is CN(C(=O)CCCCN)c1cccc(-c2n[nH]c(=O)c3ccccc23)c1. The van der Waals surface area contributed by atoms with Crippen molar-refractivity contribution in [2.45, 2.75) is 19.3 Å². The van der Waals surface area contributed by atoms with Crippen LogP contribution in [0.2, 0.25) is 0 Å². The fraction of sp³-hybridized carbons (Fsp3) is 0.250. The van der Waals surface area contributed by atoms with Crippen LogP contribution >= 0.6 is 0 Å². The molecular formula is C20H22N4O2. The molecule has 0 unspecified atom stereocenters. The number of rotatable bonds is 6. The number of aromatic amines is 1. The summed E-state index contributed by atoms with van der Waals surface area (Å²) in [4.78, 5) is 26.0. The highest BCUT2D eigenvalue weighted by atomic mass is 16.2. The third-order valence-corrected chi connectivity index (χ3v) is 4.42. The van der Waals surface area contributed by atoms with E-state index in [4.69, 9.17) is 5.73 Å². The zero-order valence-corrected chi connectivity index (χ0v) is 14.7. The summed E-state index contributed by atoms with van der Waals surface area (Å²) in [6.07, 6.45) is 2.09. The Bertz CT molecular complexity index is 981. The first kappa shape index (κ1) is 17.8. The molecule has 3 aromatic rings. The van der Waals surface area contributed by atoms with Gasteiger partial charge < -0.3 is 10.6 Å². The van der Waals surface area contributed by atoms with Crippen LogP contribution in [0.15, 0.2) is 53.3 Å². The van der Waals surface area contributed by atoms with Gasteiger partial charge >= 0.3 is 0 Å². The summed E-state index contributed by atoms with van der Waals surface area (Å²) in [5.41, 5.74) is 7.59. The number of carbonyl (C=O) groups is 1. The van der Waals surface area contributed by atoms with Gasteiger partial charge in [0.2, 0.25) is 5.91 Å². The highest BCUT2D eigenvalue weighted by molar-refractivity contribution is 5.96. The second-order valence-corrected chi connectivity index (χ2v) is 6.20. The van der Waals surface area contributed by atoms with Crippen LogP contribution in [-0.4, -0.2) is 29.7 Å². The van der Waals surface area contributed by atoms with Gasteiger partial charge in [-0.2, -0.15) is 5.10 Å². The van der Waals surface area contributed by atoms with Crippen molar-refractivity contribution >= 4 is 22.4 Å². The summed E-state index contributed by atoms with van der Waals surface area (Å²) in [5.74, 6) is 0.0508. The minimum atomic E-state index is -0.215. The highest BCUT2D eigenvalue weighted by Crippen LogP contribution is 2.27. The van der Waals surface area contributed by atoms with E-state index in [1.165, 1.54) is 0 Å². The summed E-state index contributed by atoms with van der Waals surface area (Å²) in [7, 11) is 1.77. The minimum Gasteiger partial charge on any atom is -0.330 e. The van der Waals surface area contributed by atoms with Crippen molar-refractivity contribution in [2.75, 3.05) is 18.5 Å². The molecule has 26 heavy (non-hydrogen) atoms. The number of nitrogens with zero attached hydrogens (tertiary/aromatic N) is 2. The Kier molecular flexibility index (Phi) is 5.43. The molecule has 3 rings (SSSR count). The fourth-order valence-corrected chi connectivity index (χ4v) is 2.93. The molecule has 134 valence electrons. The molecule has 0 saturated heterocycles. The quantitative estimate of drug-likeness (QED) is 0.669. The van der Waals surface area contributed by atoms with E-state index in [1.54, 1.807) is 18.0 Å². The Morgan fingerprint density at radius 3 is 2.65 bits per heavy atom. The molecule has 3 N–H and O–H groups in total. The normalized spacial score (nSPS) is 10.8. The number of aromatic nitrogens is 2. The predicted molar refractivity (Wildman–Crippen MR) is 104 cm³/mol. The number of benzene rings is 2. The van der Waals surface area contributed by atoms with Gasteiger partial charge in [-0.05, 0) is 37.6 Å². The van der Waals surface area contributed by atoms with Crippen molar-refractivity contribution in [1.82, 2.24) is 10.2 Å². The molecule has 0 aliphatic heterocycles. The number of nitrogens with one attached hydrogen (secondary N) is 1. The Morgan fingerprint density at radius 1 is 1.12 bits per heavy atom. The molecule has 1 aromatic heterocycles. The van der Waals surface area contributed by atoms with Crippen LogP contribution < -0.4 is 16.2 Å². The molecular weight excluding hydrogens is 328 g/mol. The van der Waals surface area contributed by atoms with Crippen molar-refractivity contribution in [3.05, 3.63) is 58.9 Å². The molecule has 0 spiro atoms. The third kappa shape index (κ3) is 3.65. The predicted octanol–water partition coefficient (Wildman–Crippen LogP) is 2.68. The van der Waals surface area contributed by atoms with Crippen LogP contribution in [0.4, 0.5) is 5.69 Å². The van der Waals surface area contributed by atoms with Crippen LogP contribution in [0, 0.1) is 0 Å². The first-order chi connectivity index (χ1) is 12.6. The molecule has 6 heteroatoms. The highest BCUT2D eigenvalue weighted by Gasteiger charge is 2.13. The van der Waals surface area contributed by atoms with Gasteiger partial charge in [0, 0.05) is 30.1 Å². The summed E-state index contributed by atoms with van der Waals surface area (Å²) in [6.45, 7) is 0.595. The van der Waals surface area contributed by atoms with Gasteiger partial charge in [-0.1, -0.05) is 30.3 Å². The molecule has 0 aliphatic rings. The van der Waals surface area contributed by atoms with Gasteiger partial charge in [0.1, 0.15) is 0 Å². The molecule has 0 saturated carbocycles. The summed E-state index contributed by atoms with van der Waals surface area (Å²) < 4.78 is 0. The van der Waals surface area contributed by atoms with Gasteiger partial charge in [-0.25, -0.2) is 5.10 Å². The van der Waals surface area contributed by atoms with Crippen molar-refractivity contribution < 1.29 is 4.79 Å². The number of amides is 1.